The number of aromatic nitrogens is 2. The van der Waals surface area contributed by atoms with Crippen LogP contribution in [-0.2, 0) is 18.2 Å². The number of hydrogen-bond acceptors (Lipinski definition) is 3. The van der Waals surface area contributed by atoms with Gasteiger partial charge in [-0.15, -0.1) is 0 Å². The lowest BCUT2D eigenvalue weighted by Crippen LogP contribution is -2.35. The van der Waals surface area contributed by atoms with Crippen LogP contribution in [0.3, 0.4) is 0 Å². The topological polar surface area (TPSA) is 39.1 Å². The summed E-state index contributed by atoms with van der Waals surface area (Å²) in [6, 6.07) is 0.275. The summed E-state index contributed by atoms with van der Waals surface area (Å²) in [6.45, 7) is 8.29. The van der Waals surface area contributed by atoms with Crippen LogP contribution in [0.25, 0.3) is 0 Å². The molecular weight excluding hydrogens is 250 g/mol. The molecular formula is C16H27N3O. The molecule has 0 fully saturated rings. The molecule has 0 radical (unpaired) electrons. The molecule has 1 atom stereocenters. The van der Waals surface area contributed by atoms with Gasteiger partial charge >= 0.3 is 0 Å². The van der Waals surface area contributed by atoms with E-state index in [0.717, 1.165) is 50.3 Å². The van der Waals surface area contributed by atoms with Crippen LogP contribution in [0, 0.1) is 13.8 Å². The second-order valence-electron chi connectivity index (χ2n) is 5.58. The molecule has 2 heterocycles. The largest absolute Gasteiger partial charge is 0.497 e. The third kappa shape index (κ3) is 3.42. The van der Waals surface area contributed by atoms with Crippen molar-refractivity contribution in [1.82, 2.24) is 15.1 Å². The van der Waals surface area contributed by atoms with Gasteiger partial charge in [0.2, 0.25) is 0 Å². The first-order valence-electron chi connectivity index (χ1n) is 7.68. The standard InChI is InChI=1S/C16H27N3O/c1-5-9-17-15(16-8-6-7-10-20-16)11-14-12(2)18-19(4)13(14)3/h8,15,17H,5-7,9-11H2,1-4H3. The zero-order chi connectivity index (χ0) is 14.5. The van der Waals surface area contributed by atoms with E-state index in [0.29, 0.717) is 0 Å². The molecule has 0 aliphatic carbocycles. The number of nitrogens with one attached hydrogen (secondary N) is 1. The van der Waals surface area contributed by atoms with Crippen molar-refractivity contribution >= 4 is 0 Å². The van der Waals surface area contributed by atoms with Gasteiger partial charge in [0.15, 0.2) is 0 Å². The van der Waals surface area contributed by atoms with Crippen LogP contribution in [0.4, 0.5) is 0 Å². The lowest BCUT2D eigenvalue weighted by Gasteiger charge is -2.25. The molecule has 112 valence electrons. The minimum atomic E-state index is 0.275. The van der Waals surface area contributed by atoms with Crippen molar-refractivity contribution in [1.29, 1.82) is 0 Å². The van der Waals surface area contributed by atoms with Crippen molar-refractivity contribution in [2.75, 3.05) is 13.2 Å². The quantitative estimate of drug-likeness (QED) is 0.869. The predicted molar refractivity (Wildman–Crippen MR) is 81.7 cm³/mol. The SMILES string of the molecule is CCCNC(Cc1c(C)nn(C)c1C)C1=CCCCO1. The predicted octanol–water partition coefficient (Wildman–Crippen LogP) is 2.64. The summed E-state index contributed by atoms with van der Waals surface area (Å²) in [5, 5.41) is 8.14. The van der Waals surface area contributed by atoms with Gasteiger partial charge < -0.3 is 10.1 Å². The molecule has 1 N–H and O–H groups in total. The summed E-state index contributed by atoms with van der Waals surface area (Å²) in [7, 11) is 2.01. The summed E-state index contributed by atoms with van der Waals surface area (Å²) >= 11 is 0. The third-order valence-corrected chi connectivity index (χ3v) is 4.01. The zero-order valence-electron chi connectivity index (χ0n) is 13.2. The fraction of sp³-hybridized carbons (Fsp3) is 0.688. The Hall–Kier alpha value is -1.29. The highest BCUT2D eigenvalue weighted by molar-refractivity contribution is 5.27. The Labute approximate surface area is 122 Å². The Morgan fingerprint density at radius 3 is 2.80 bits per heavy atom. The monoisotopic (exact) mass is 277 g/mol. The highest BCUT2D eigenvalue weighted by Crippen LogP contribution is 2.20. The zero-order valence-corrected chi connectivity index (χ0v) is 13.2. The first-order chi connectivity index (χ1) is 9.63. The summed E-state index contributed by atoms with van der Waals surface area (Å²) in [6.07, 6.45) is 6.60. The number of allylic oxidation sites excluding steroid dienone is 1. The number of aryl methyl sites for hydroxylation is 2. The Kier molecular flexibility index (Phi) is 5.24. The molecule has 2 rings (SSSR count). The Morgan fingerprint density at radius 2 is 2.25 bits per heavy atom. The number of rotatable bonds is 6. The Morgan fingerprint density at radius 1 is 1.45 bits per heavy atom. The highest BCUT2D eigenvalue weighted by atomic mass is 16.5. The first kappa shape index (κ1) is 15.1. The fourth-order valence-corrected chi connectivity index (χ4v) is 2.73. The van der Waals surface area contributed by atoms with Gasteiger partial charge in [-0.2, -0.15) is 5.10 Å². The van der Waals surface area contributed by atoms with Crippen LogP contribution in [0.1, 0.15) is 43.1 Å². The number of ether oxygens (including phenoxy) is 1. The van der Waals surface area contributed by atoms with E-state index in [-0.39, 0.29) is 6.04 Å². The molecule has 20 heavy (non-hydrogen) atoms. The second kappa shape index (κ2) is 6.93. The number of nitrogens with zero attached hydrogens (tertiary/aromatic N) is 2. The minimum Gasteiger partial charge on any atom is -0.497 e. The van der Waals surface area contributed by atoms with Crippen LogP contribution in [0.15, 0.2) is 11.8 Å². The molecule has 4 nitrogen and oxygen atoms in total. The van der Waals surface area contributed by atoms with E-state index < -0.39 is 0 Å². The highest BCUT2D eigenvalue weighted by Gasteiger charge is 2.21. The van der Waals surface area contributed by atoms with Crippen molar-refractivity contribution in [3.8, 4) is 0 Å². The van der Waals surface area contributed by atoms with Crippen LogP contribution >= 0.6 is 0 Å². The van der Waals surface area contributed by atoms with Crippen LogP contribution < -0.4 is 5.32 Å². The van der Waals surface area contributed by atoms with Crippen LogP contribution in [0.2, 0.25) is 0 Å². The molecule has 1 aliphatic heterocycles. The maximum absolute atomic E-state index is 5.87. The third-order valence-electron chi connectivity index (χ3n) is 4.01. The maximum atomic E-state index is 5.87. The Balaban J connectivity index is 2.16. The molecule has 0 spiro atoms. The van der Waals surface area contributed by atoms with E-state index in [4.69, 9.17) is 4.74 Å². The van der Waals surface area contributed by atoms with Gasteiger partial charge in [0, 0.05) is 12.7 Å². The van der Waals surface area contributed by atoms with E-state index in [2.05, 4.69) is 37.3 Å². The van der Waals surface area contributed by atoms with E-state index in [1.807, 2.05) is 11.7 Å². The van der Waals surface area contributed by atoms with Gasteiger partial charge in [0.25, 0.3) is 0 Å². The molecule has 0 aromatic carbocycles. The van der Waals surface area contributed by atoms with Crippen molar-refractivity contribution in [3.63, 3.8) is 0 Å². The molecule has 0 amide bonds. The minimum absolute atomic E-state index is 0.275. The molecule has 1 aliphatic rings. The van der Waals surface area contributed by atoms with Crippen molar-refractivity contribution in [2.45, 2.75) is 52.5 Å². The van der Waals surface area contributed by atoms with Gasteiger partial charge in [0.05, 0.1) is 18.3 Å². The van der Waals surface area contributed by atoms with Crippen molar-refractivity contribution in [3.05, 3.63) is 28.8 Å². The van der Waals surface area contributed by atoms with Gasteiger partial charge in [-0.1, -0.05) is 6.92 Å². The summed E-state index contributed by atoms with van der Waals surface area (Å²) in [4.78, 5) is 0. The lowest BCUT2D eigenvalue weighted by molar-refractivity contribution is 0.167. The molecule has 4 heteroatoms. The fourth-order valence-electron chi connectivity index (χ4n) is 2.73. The summed E-state index contributed by atoms with van der Waals surface area (Å²) < 4.78 is 7.84. The maximum Gasteiger partial charge on any atom is 0.109 e. The molecule has 1 aromatic rings. The van der Waals surface area contributed by atoms with Crippen molar-refractivity contribution in [2.24, 2.45) is 7.05 Å². The first-order valence-corrected chi connectivity index (χ1v) is 7.68. The van der Waals surface area contributed by atoms with E-state index >= 15 is 0 Å². The molecule has 1 aromatic heterocycles. The smallest absolute Gasteiger partial charge is 0.109 e. The van der Waals surface area contributed by atoms with Crippen LogP contribution in [0.5, 0.6) is 0 Å². The van der Waals surface area contributed by atoms with E-state index in [1.165, 1.54) is 11.3 Å². The molecule has 1 unspecified atom stereocenters. The Bertz CT molecular complexity index is 476. The average Bonchev–Trinajstić information content (AvgIpc) is 2.70. The van der Waals surface area contributed by atoms with Crippen molar-refractivity contribution < 1.29 is 4.74 Å². The van der Waals surface area contributed by atoms with E-state index in [9.17, 15) is 0 Å². The number of hydrogen-bond donors (Lipinski definition) is 1. The average molecular weight is 277 g/mol. The molecule has 0 saturated carbocycles. The van der Waals surface area contributed by atoms with Gasteiger partial charge in [-0.05, 0) is 57.7 Å². The van der Waals surface area contributed by atoms with Gasteiger partial charge in [-0.3, -0.25) is 4.68 Å². The lowest BCUT2D eigenvalue weighted by atomic mass is 10.0. The summed E-state index contributed by atoms with van der Waals surface area (Å²) in [5.74, 6) is 1.12. The summed E-state index contributed by atoms with van der Waals surface area (Å²) in [5.41, 5.74) is 3.73. The van der Waals surface area contributed by atoms with Crippen LogP contribution in [-0.4, -0.2) is 29.0 Å². The van der Waals surface area contributed by atoms with Gasteiger partial charge in [-0.25, -0.2) is 0 Å². The second-order valence-corrected chi connectivity index (χ2v) is 5.58. The molecule has 0 bridgehead atoms. The van der Waals surface area contributed by atoms with Gasteiger partial charge in [0.1, 0.15) is 5.76 Å². The van der Waals surface area contributed by atoms with E-state index in [1.54, 1.807) is 0 Å². The normalized spacial score (nSPS) is 16.7. The molecule has 0 saturated heterocycles.